The minimum absolute atomic E-state index is 0.00253. The summed E-state index contributed by atoms with van der Waals surface area (Å²) in [6.45, 7) is 13.5. The van der Waals surface area contributed by atoms with E-state index >= 15 is 0 Å². The van der Waals surface area contributed by atoms with E-state index in [1.54, 1.807) is 11.9 Å². The molecule has 1 aliphatic rings. The van der Waals surface area contributed by atoms with Crippen LogP contribution < -0.4 is 0 Å². The van der Waals surface area contributed by atoms with Crippen molar-refractivity contribution in [2.75, 3.05) is 26.7 Å². The largest absolute Gasteiger partial charge is 0.458 e. The quantitative estimate of drug-likeness (QED) is 0.570. The average Bonchev–Trinajstić information content (AvgIpc) is 2.90. The maximum absolute atomic E-state index is 12.8. The van der Waals surface area contributed by atoms with Crippen LogP contribution in [-0.4, -0.2) is 60.0 Å². The zero-order valence-corrected chi connectivity index (χ0v) is 16.2. The Labute approximate surface area is 146 Å². The molecule has 0 N–H and O–H groups in total. The normalized spacial score (nSPS) is 19.6. The van der Waals surface area contributed by atoms with Crippen LogP contribution in [0.2, 0.25) is 0 Å². The van der Waals surface area contributed by atoms with E-state index in [9.17, 15) is 9.59 Å². The van der Waals surface area contributed by atoms with Gasteiger partial charge < -0.3 is 9.64 Å². The van der Waals surface area contributed by atoms with Crippen LogP contribution in [0.15, 0.2) is 0 Å². The lowest BCUT2D eigenvalue weighted by molar-refractivity contribution is -0.166. The summed E-state index contributed by atoms with van der Waals surface area (Å²) in [6, 6.07) is -0.554. The van der Waals surface area contributed by atoms with Gasteiger partial charge in [0.2, 0.25) is 5.91 Å². The zero-order valence-electron chi connectivity index (χ0n) is 16.2. The fraction of sp³-hybridized carbons (Fsp3) is 0.789. The Hall–Kier alpha value is -1.54. The van der Waals surface area contributed by atoms with Gasteiger partial charge in [0, 0.05) is 13.6 Å². The minimum Gasteiger partial charge on any atom is -0.458 e. The molecule has 1 amide bonds. The third-order valence-electron chi connectivity index (χ3n) is 4.15. The SMILES string of the molecule is CC#CCN1CC[C@H](C(=O)N(C)[C@H](C(=O)OC(C)(C)C)C(C)C)C1. The van der Waals surface area contributed by atoms with Crippen molar-refractivity contribution in [2.45, 2.75) is 59.6 Å². The third kappa shape index (κ3) is 5.83. The number of carbonyl (C=O) groups is 2. The van der Waals surface area contributed by atoms with E-state index in [-0.39, 0.29) is 23.7 Å². The number of rotatable bonds is 5. The molecule has 1 aliphatic heterocycles. The molecular formula is C19H32N2O3. The molecule has 5 heteroatoms. The van der Waals surface area contributed by atoms with E-state index in [2.05, 4.69) is 16.7 Å². The van der Waals surface area contributed by atoms with Crippen molar-refractivity contribution in [1.29, 1.82) is 0 Å². The van der Waals surface area contributed by atoms with E-state index in [1.807, 2.05) is 41.5 Å². The number of hydrogen-bond donors (Lipinski definition) is 0. The van der Waals surface area contributed by atoms with Gasteiger partial charge >= 0.3 is 5.97 Å². The summed E-state index contributed by atoms with van der Waals surface area (Å²) < 4.78 is 5.51. The molecule has 0 spiro atoms. The van der Waals surface area contributed by atoms with Crippen LogP contribution in [0.25, 0.3) is 0 Å². The Morgan fingerprint density at radius 3 is 2.46 bits per heavy atom. The predicted octanol–water partition coefficient (Wildman–Crippen LogP) is 2.16. The Morgan fingerprint density at radius 2 is 1.96 bits per heavy atom. The lowest BCUT2D eigenvalue weighted by atomic mass is 9.99. The number of carbonyl (C=O) groups excluding carboxylic acids is 2. The molecule has 0 bridgehead atoms. The molecule has 5 nitrogen and oxygen atoms in total. The second kappa shape index (κ2) is 8.53. The van der Waals surface area contributed by atoms with Gasteiger partial charge in [0.1, 0.15) is 11.6 Å². The van der Waals surface area contributed by atoms with E-state index in [4.69, 9.17) is 4.74 Å². The second-order valence-corrected chi connectivity index (χ2v) is 7.82. The molecule has 0 saturated carbocycles. The number of esters is 1. The molecule has 0 aliphatic carbocycles. The summed E-state index contributed by atoms with van der Waals surface area (Å²) in [5.41, 5.74) is -0.558. The fourth-order valence-electron chi connectivity index (χ4n) is 3.03. The number of ether oxygens (including phenoxy) is 1. The van der Waals surface area contributed by atoms with Crippen LogP contribution in [-0.2, 0) is 14.3 Å². The monoisotopic (exact) mass is 336 g/mol. The zero-order chi connectivity index (χ0) is 18.5. The van der Waals surface area contributed by atoms with Gasteiger partial charge in [-0.25, -0.2) is 4.79 Å². The number of likely N-dealkylation sites (tertiary alicyclic amines) is 1. The molecule has 0 aromatic heterocycles. The van der Waals surface area contributed by atoms with Gasteiger partial charge in [-0.15, -0.1) is 5.92 Å². The lowest BCUT2D eigenvalue weighted by Crippen LogP contribution is -2.50. The first-order valence-electron chi connectivity index (χ1n) is 8.68. The second-order valence-electron chi connectivity index (χ2n) is 7.82. The molecule has 24 heavy (non-hydrogen) atoms. The molecule has 1 rings (SSSR count). The topological polar surface area (TPSA) is 49.9 Å². The van der Waals surface area contributed by atoms with Gasteiger partial charge in [-0.2, -0.15) is 0 Å². The molecule has 0 aromatic carbocycles. The van der Waals surface area contributed by atoms with Crippen molar-refractivity contribution in [3.8, 4) is 11.8 Å². The van der Waals surface area contributed by atoms with E-state index in [0.29, 0.717) is 13.1 Å². The van der Waals surface area contributed by atoms with Crippen molar-refractivity contribution < 1.29 is 14.3 Å². The fourth-order valence-corrected chi connectivity index (χ4v) is 3.03. The van der Waals surface area contributed by atoms with Gasteiger partial charge in [0.05, 0.1) is 12.5 Å². The first-order chi connectivity index (χ1) is 11.1. The van der Waals surface area contributed by atoms with Gasteiger partial charge in [-0.3, -0.25) is 9.69 Å². The predicted molar refractivity (Wildman–Crippen MR) is 95.2 cm³/mol. The summed E-state index contributed by atoms with van der Waals surface area (Å²) in [4.78, 5) is 29.1. The van der Waals surface area contributed by atoms with Gasteiger partial charge in [-0.05, 0) is 46.6 Å². The standard InChI is InChI=1S/C19H32N2O3/c1-8-9-11-21-12-10-15(13-21)17(22)20(7)16(14(2)3)18(23)24-19(4,5)6/h14-16H,10-13H2,1-7H3/t15-,16-/m0/s1. The van der Waals surface area contributed by atoms with Crippen molar-refractivity contribution in [2.24, 2.45) is 11.8 Å². The molecule has 0 unspecified atom stereocenters. The molecule has 136 valence electrons. The van der Waals surface area contributed by atoms with Crippen molar-refractivity contribution in [3.63, 3.8) is 0 Å². The van der Waals surface area contributed by atoms with Crippen LogP contribution in [0.3, 0.4) is 0 Å². The Bertz CT molecular complexity index is 511. The Kier molecular flexibility index (Phi) is 7.28. The highest BCUT2D eigenvalue weighted by Gasteiger charge is 2.37. The maximum Gasteiger partial charge on any atom is 0.329 e. The number of amides is 1. The first-order valence-corrected chi connectivity index (χ1v) is 8.68. The molecule has 2 atom stereocenters. The van der Waals surface area contributed by atoms with E-state index < -0.39 is 11.6 Å². The summed E-state index contributed by atoms with van der Waals surface area (Å²) in [7, 11) is 1.71. The molecule has 1 saturated heterocycles. The molecule has 0 radical (unpaired) electrons. The van der Waals surface area contributed by atoms with Crippen molar-refractivity contribution >= 4 is 11.9 Å². The van der Waals surface area contributed by atoms with Crippen LogP contribution >= 0.6 is 0 Å². The average molecular weight is 336 g/mol. The summed E-state index contributed by atoms with van der Waals surface area (Å²) in [6.07, 6.45) is 0.813. The van der Waals surface area contributed by atoms with Crippen LogP contribution in [0.4, 0.5) is 0 Å². The number of hydrogen-bond acceptors (Lipinski definition) is 4. The highest BCUT2D eigenvalue weighted by molar-refractivity contribution is 5.86. The van der Waals surface area contributed by atoms with Gasteiger partial charge in [0.25, 0.3) is 0 Å². The lowest BCUT2D eigenvalue weighted by Gasteiger charge is -2.33. The molecule has 0 aromatic rings. The number of likely N-dealkylation sites (N-methyl/N-ethyl adjacent to an activating group) is 1. The minimum atomic E-state index is -0.558. The van der Waals surface area contributed by atoms with Crippen molar-refractivity contribution in [1.82, 2.24) is 9.80 Å². The number of nitrogens with zero attached hydrogens (tertiary/aromatic N) is 2. The summed E-state index contributed by atoms with van der Waals surface area (Å²) in [5.74, 6) is 5.54. The Morgan fingerprint density at radius 1 is 1.33 bits per heavy atom. The highest BCUT2D eigenvalue weighted by atomic mass is 16.6. The molecular weight excluding hydrogens is 304 g/mol. The van der Waals surface area contributed by atoms with Gasteiger partial charge in [0.15, 0.2) is 0 Å². The molecule has 1 heterocycles. The third-order valence-corrected chi connectivity index (χ3v) is 4.15. The molecule has 1 fully saturated rings. The smallest absolute Gasteiger partial charge is 0.329 e. The maximum atomic E-state index is 12.8. The van der Waals surface area contributed by atoms with Gasteiger partial charge in [-0.1, -0.05) is 19.8 Å². The summed E-state index contributed by atoms with van der Waals surface area (Å²) >= 11 is 0. The summed E-state index contributed by atoms with van der Waals surface area (Å²) in [5, 5.41) is 0. The highest BCUT2D eigenvalue weighted by Crippen LogP contribution is 2.22. The first kappa shape index (κ1) is 20.5. The van der Waals surface area contributed by atoms with Crippen LogP contribution in [0, 0.1) is 23.7 Å². The van der Waals surface area contributed by atoms with Crippen LogP contribution in [0.5, 0.6) is 0 Å². The van der Waals surface area contributed by atoms with Crippen molar-refractivity contribution in [3.05, 3.63) is 0 Å². The van der Waals surface area contributed by atoms with E-state index in [1.165, 1.54) is 0 Å². The van der Waals surface area contributed by atoms with E-state index in [0.717, 1.165) is 13.0 Å². The van der Waals surface area contributed by atoms with Crippen LogP contribution in [0.1, 0.15) is 48.0 Å². The Balaban J connectivity index is 2.76.